The maximum absolute atomic E-state index is 5.92. The van der Waals surface area contributed by atoms with E-state index in [1.807, 2.05) is 0 Å². The lowest BCUT2D eigenvalue weighted by atomic mass is 10.3. The molecule has 1 aromatic heterocycles. The summed E-state index contributed by atoms with van der Waals surface area (Å²) in [6.07, 6.45) is 6.44. The third kappa shape index (κ3) is 2.16. The first kappa shape index (κ1) is 9.74. The molecule has 14 heavy (non-hydrogen) atoms. The Morgan fingerprint density at radius 1 is 1.50 bits per heavy atom. The van der Waals surface area contributed by atoms with Crippen molar-refractivity contribution in [1.29, 1.82) is 0 Å². The van der Waals surface area contributed by atoms with Gasteiger partial charge in [-0.3, -0.25) is 4.98 Å². The Morgan fingerprint density at radius 2 is 2.36 bits per heavy atom. The van der Waals surface area contributed by atoms with Crippen LogP contribution in [0.1, 0.15) is 19.3 Å². The van der Waals surface area contributed by atoms with Gasteiger partial charge in [0, 0.05) is 24.5 Å². The molecule has 1 fully saturated rings. The lowest BCUT2D eigenvalue weighted by Gasteiger charge is -2.13. The molecule has 1 aliphatic carbocycles. The Morgan fingerprint density at radius 3 is 3.00 bits per heavy atom. The van der Waals surface area contributed by atoms with Crippen LogP contribution in [0.3, 0.4) is 0 Å². The molecule has 1 aliphatic rings. The standard InChI is InChI=1S/C10H13ClN2O/c11-9-6-13-4-3-10(9)14-8-2-1-7(12)5-8/h3-4,6-8H,1-2,5,12H2. The summed E-state index contributed by atoms with van der Waals surface area (Å²) in [5.41, 5.74) is 5.79. The molecule has 2 unspecified atom stereocenters. The minimum Gasteiger partial charge on any atom is -0.489 e. The van der Waals surface area contributed by atoms with Crippen LogP contribution in [-0.4, -0.2) is 17.1 Å². The molecule has 3 nitrogen and oxygen atoms in total. The highest BCUT2D eigenvalue weighted by molar-refractivity contribution is 6.31. The Bertz CT molecular complexity index is 319. The van der Waals surface area contributed by atoms with E-state index in [1.165, 1.54) is 0 Å². The topological polar surface area (TPSA) is 48.1 Å². The summed E-state index contributed by atoms with van der Waals surface area (Å²) >= 11 is 5.92. The molecule has 0 amide bonds. The minimum absolute atomic E-state index is 0.213. The highest BCUT2D eigenvalue weighted by atomic mass is 35.5. The van der Waals surface area contributed by atoms with Crippen LogP contribution >= 0.6 is 11.6 Å². The molecule has 2 atom stereocenters. The van der Waals surface area contributed by atoms with Gasteiger partial charge in [0.2, 0.25) is 0 Å². The van der Waals surface area contributed by atoms with Crippen molar-refractivity contribution in [3.63, 3.8) is 0 Å². The first-order valence-corrected chi connectivity index (χ1v) is 5.15. The van der Waals surface area contributed by atoms with Gasteiger partial charge in [0.05, 0.1) is 0 Å². The van der Waals surface area contributed by atoms with Crippen LogP contribution in [-0.2, 0) is 0 Å². The van der Waals surface area contributed by atoms with E-state index in [1.54, 1.807) is 18.5 Å². The van der Waals surface area contributed by atoms with Crippen LogP contribution in [0.25, 0.3) is 0 Å². The molecule has 0 bridgehead atoms. The SMILES string of the molecule is NC1CCC(Oc2ccncc2Cl)C1. The van der Waals surface area contributed by atoms with Crippen molar-refractivity contribution in [2.24, 2.45) is 5.73 Å². The molecule has 1 aromatic rings. The predicted molar refractivity (Wildman–Crippen MR) is 55.5 cm³/mol. The molecule has 0 spiro atoms. The van der Waals surface area contributed by atoms with Crippen LogP contribution in [0.4, 0.5) is 0 Å². The third-order valence-corrected chi connectivity index (χ3v) is 2.74. The number of nitrogens with zero attached hydrogens (tertiary/aromatic N) is 1. The lowest BCUT2D eigenvalue weighted by molar-refractivity contribution is 0.208. The van der Waals surface area contributed by atoms with Gasteiger partial charge in [-0.05, 0) is 19.3 Å². The zero-order valence-corrected chi connectivity index (χ0v) is 8.57. The Kier molecular flexibility index (Phi) is 2.89. The average Bonchev–Trinajstić information content (AvgIpc) is 2.56. The van der Waals surface area contributed by atoms with Crippen molar-refractivity contribution in [2.45, 2.75) is 31.4 Å². The minimum atomic E-state index is 0.213. The van der Waals surface area contributed by atoms with Gasteiger partial charge in [-0.25, -0.2) is 0 Å². The molecule has 0 aliphatic heterocycles. The van der Waals surface area contributed by atoms with Crippen LogP contribution in [0.15, 0.2) is 18.5 Å². The molecular weight excluding hydrogens is 200 g/mol. The van der Waals surface area contributed by atoms with E-state index in [9.17, 15) is 0 Å². The quantitative estimate of drug-likeness (QED) is 0.816. The summed E-state index contributed by atoms with van der Waals surface area (Å²) in [6, 6.07) is 2.06. The van der Waals surface area contributed by atoms with Crippen molar-refractivity contribution < 1.29 is 4.74 Å². The van der Waals surface area contributed by atoms with Gasteiger partial charge in [0.25, 0.3) is 0 Å². The van der Waals surface area contributed by atoms with Crippen molar-refractivity contribution in [1.82, 2.24) is 4.98 Å². The highest BCUT2D eigenvalue weighted by Gasteiger charge is 2.23. The molecule has 0 saturated heterocycles. The van der Waals surface area contributed by atoms with Crippen molar-refractivity contribution in [3.8, 4) is 5.75 Å². The molecule has 1 saturated carbocycles. The number of rotatable bonds is 2. The van der Waals surface area contributed by atoms with Crippen LogP contribution < -0.4 is 10.5 Å². The van der Waals surface area contributed by atoms with E-state index in [0.29, 0.717) is 10.8 Å². The number of aromatic nitrogens is 1. The van der Waals surface area contributed by atoms with Gasteiger partial charge in [-0.15, -0.1) is 0 Å². The summed E-state index contributed by atoms with van der Waals surface area (Å²) in [6.45, 7) is 0. The molecule has 2 rings (SSSR count). The fourth-order valence-electron chi connectivity index (χ4n) is 1.72. The van der Waals surface area contributed by atoms with E-state index in [0.717, 1.165) is 19.3 Å². The van der Waals surface area contributed by atoms with Crippen molar-refractivity contribution in [2.75, 3.05) is 0 Å². The summed E-state index contributed by atoms with van der Waals surface area (Å²) in [5.74, 6) is 0.709. The van der Waals surface area contributed by atoms with Gasteiger partial charge < -0.3 is 10.5 Å². The van der Waals surface area contributed by atoms with Crippen molar-refractivity contribution in [3.05, 3.63) is 23.5 Å². The summed E-state index contributed by atoms with van der Waals surface area (Å²) < 4.78 is 5.72. The van der Waals surface area contributed by atoms with E-state index < -0.39 is 0 Å². The van der Waals surface area contributed by atoms with E-state index in [-0.39, 0.29) is 12.1 Å². The van der Waals surface area contributed by atoms with Gasteiger partial charge in [-0.2, -0.15) is 0 Å². The molecule has 0 aromatic carbocycles. The number of ether oxygens (including phenoxy) is 1. The molecule has 2 N–H and O–H groups in total. The predicted octanol–water partition coefficient (Wildman–Crippen LogP) is 1.99. The highest BCUT2D eigenvalue weighted by Crippen LogP contribution is 2.28. The summed E-state index contributed by atoms with van der Waals surface area (Å²) in [7, 11) is 0. The number of hydrogen-bond donors (Lipinski definition) is 1. The van der Waals surface area contributed by atoms with Gasteiger partial charge >= 0.3 is 0 Å². The van der Waals surface area contributed by atoms with Crippen LogP contribution in [0.5, 0.6) is 5.75 Å². The normalized spacial score (nSPS) is 26.4. The van der Waals surface area contributed by atoms with Gasteiger partial charge in [0.1, 0.15) is 16.9 Å². The van der Waals surface area contributed by atoms with Crippen molar-refractivity contribution >= 4 is 11.6 Å². The first-order chi connectivity index (χ1) is 6.75. The second-order valence-corrected chi connectivity index (χ2v) is 4.03. The Balaban J connectivity index is 2.01. The smallest absolute Gasteiger partial charge is 0.141 e. The zero-order chi connectivity index (χ0) is 9.97. The summed E-state index contributed by atoms with van der Waals surface area (Å²) in [5, 5.41) is 0.563. The monoisotopic (exact) mass is 212 g/mol. The molecule has 1 heterocycles. The van der Waals surface area contributed by atoms with E-state index in [4.69, 9.17) is 22.1 Å². The van der Waals surface area contributed by atoms with E-state index >= 15 is 0 Å². The zero-order valence-electron chi connectivity index (χ0n) is 7.82. The van der Waals surface area contributed by atoms with Crippen LogP contribution in [0, 0.1) is 0 Å². The van der Waals surface area contributed by atoms with Gasteiger partial charge in [-0.1, -0.05) is 11.6 Å². The van der Waals surface area contributed by atoms with Gasteiger partial charge in [0.15, 0.2) is 0 Å². The second kappa shape index (κ2) is 4.15. The molecule has 0 radical (unpaired) electrons. The van der Waals surface area contributed by atoms with Crippen LogP contribution in [0.2, 0.25) is 5.02 Å². The molecule has 76 valence electrons. The number of hydrogen-bond acceptors (Lipinski definition) is 3. The number of halogens is 1. The maximum atomic E-state index is 5.92. The Hall–Kier alpha value is -0.800. The molecule has 4 heteroatoms. The third-order valence-electron chi connectivity index (χ3n) is 2.45. The fraction of sp³-hybridized carbons (Fsp3) is 0.500. The summed E-state index contributed by atoms with van der Waals surface area (Å²) in [4.78, 5) is 3.90. The Labute approximate surface area is 88.2 Å². The first-order valence-electron chi connectivity index (χ1n) is 4.77. The average molecular weight is 213 g/mol. The van der Waals surface area contributed by atoms with E-state index in [2.05, 4.69) is 4.98 Å². The molecular formula is C10H13ClN2O. The fourth-order valence-corrected chi connectivity index (χ4v) is 1.88. The second-order valence-electron chi connectivity index (χ2n) is 3.62. The number of pyridine rings is 1. The lowest BCUT2D eigenvalue weighted by Crippen LogP contribution is -2.19. The largest absolute Gasteiger partial charge is 0.489 e. The maximum Gasteiger partial charge on any atom is 0.141 e. The number of nitrogens with two attached hydrogens (primary N) is 1.